The van der Waals surface area contributed by atoms with Crippen LogP contribution in [-0.4, -0.2) is 23.7 Å². The fourth-order valence-corrected chi connectivity index (χ4v) is 2.13. The molecular formula is C15H17ClN2O2. The lowest BCUT2D eigenvalue weighted by Gasteiger charge is -2.10. The molecule has 2 rings (SSSR count). The third kappa shape index (κ3) is 3.85. The molecule has 0 spiro atoms. The molecule has 0 aliphatic heterocycles. The zero-order chi connectivity index (χ0) is 14.4. The Morgan fingerprint density at radius 1 is 1.35 bits per heavy atom. The second-order valence-electron chi connectivity index (χ2n) is 4.36. The smallest absolute Gasteiger partial charge is 0.162 e. The minimum atomic E-state index is 0.127. The third-order valence-electron chi connectivity index (χ3n) is 2.94. The van der Waals surface area contributed by atoms with E-state index in [0.717, 1.165) is 24.2 Å². The van der Waals surface area contributed by atoms with Gasteiger partial charge in [-0.2, -0.15) is 0 Å². The number of nitrogens with one attached hydrogen (secondary N) is 1. The summed E-state index contributed by atoms with van der Waals surface area (Å²) in [5.74, 6) is 0.515. The average molecular weight is 293 g/mol. The Labute approximate surface area is 123 Å². The number of rotatable bonds is 6. The van der Waals surface area contributed by atoms with Crippen LogP contribution in [0.2, 0.25) is 5.02 Å². The van der Waals surface area contributed by atoms with Gasteiger partial charge in [0, 0.05) is 48.1 Å². The summed E-state index contributed by atoms with van der Waals surface area (Å²) in [5.41, 5.74) is 1.75. The maximum atomic E-state index is 9.99. The van der Waals surface area contributed by atoms with Gasteiger partial charge in [0.2, 0.25) is 0 Å². The van der Waals surface area contributed by atoms with Crippen molar-refractivity contribution in [3.05, 3.63) is 52.8 Å². The molecule has 0 fully saturated rings. The van der Waals surface area contributed by atoms with Crippen molar-refractivity contribution in [1.29, 1.82) is 0 Å². The van der Waals surface area contributed by atoms with E-state index in [2.05, 4.69) is 10.3 Å². The Hall–Kier alpha value is -1.78. The van der Waals surface area contributed by atoms with Gasteiger partial charge in [0.25, 0.3) is 0 Å². The van der Waals surface area contributed by atoms with Crippen LogP contribution in [0.3, 0.4) is 0 Å². The Kier molecular flexibility index (Phi) is 5.21. The molecule has 0 aliphatic rings. The van der Waals surface area contributed by atoms with Gasteiger partial charge in [-0.1, -0.05) is 17.7 Å². The summed E-state index contributed by atoms with van der Waals surface area (Å²) in [4.78, 5) is 4.25. The first-order chi connectivity index (χ1) is 9.70. The second-order valence-corrected chi connectivity index (χ2v) is 4.80. The molecule has 1 aromatic heterocycles. The fraction of sp³-hybridized carbons (Fsp3) is 0.267. The van der Waals surface area contributed by atoms with Gasteiger partial charge in [0.15, 0.2) is 11.5 Å². The Balaban J connectivity index is 1.90. The van der Waals surface area contributed by atoms with Crippen LogP contribution >= 0.6 is 11.6 Å². The predicted molar refractivity (Wildman–Crippen MR) is 79.3 cm³/mol. The van der Waals surface area contributed by atoms with E-state index in [1.165, 1.54) is 7.11 Å². The van der Waals surface area contributed by atoms with Gasteiger partial charge >= 0.3 is 0 Å². The molecule has 0 bridgehead atoms. The van der Waals surface area contributed by atoms with Crippen LogP contribution < -0.4 is 10.1 Å². The number of phenols is 1. The molecule has 2 aromatic rings. The highest BCUT2D eigenvalue weighted by molar-refractivity contribution is 6.30. The summed E-state index contributed by atoms with van der Waals surface area (Å²) in [6, 6.07) is 9.17. The molecule has 0 saturated heterocycles. The maximum Gasteiger partial charge on any atom is 0.162 e. The van der Waals surface area contributed by atoms with Crippen molar-refractivity contribution in [2.24, 2.45) is 0 Å². The zero-order valence-electron chi connectivity index (χ0n) is 11.3. The van der Waals surface area contributed by atoms with Crippen molar-refractivity contribution in [1.82, 2.24) is 10.3 Å². The van der Waals surface area contributed by atoms with Crippen molar-refractivity contribution in [2.75, 3.05) is 13.7 Å². The van der Waals surface area contributed by atoms with E-state index in [1.807, 2.05) is 18.2 Å². The van der Waals surface area contributed by atoms with Crippen molar-refractivity contribution in [3.8, 4) is 11.5 Å². The van der Waals surface area contributed by atoms with Crippen molar-refractivity contribution >= 4 is 11.6 Å². The van der Waals surface area contributed by atoms with Crippen LogP contribution in [0, 0.1) is 0 Å². The molecule has 1 heterocycles. The molecule has 1 aromatic carbocycles. The van der Waals surface area contributed by atoms with Crippen molar-refractivity contribution < 1.29 is 9.84 Å². The topological polar surface area (TPSA) is 54.4 Å². The van der Waals surface area contributed by atoms with E-state index in [4.69, 9.17) is 16.3 Å². The fourth-order valence-electron chi connectivity index (χ4n) is 1.90. The summed E-state index contributed by atoms with van der Waals surface area (Å²) < 4.78 is 5.07. The van der Waals surface area contributed by atoms with Gasteiger partial charge in [0.1, 0.15) is 0 Å². The van der Waals surface area contributed by atoms with Crippen LogP contribution in [0.15, 0.2) is 36.5 Å². The molecule has 0 aliphatic carbocycles. The number of halogens is 1. The van der Waals surface area contributed by atoms with E-state index >= 15 is 0 Å². The number of ether oxygens (including phenoxy) is 1. The molecule has 0 saturated carbocycles. The van der Waals surface area contributed by atoms with Crippen LogP contribution in [-0.2, 0) is 13.0 Å². The molecule has 0 unspecified atom stereocenters. The molecule has 106 valence electrons. The predicted octanol–water partition coefficient (Wildman–Crippen LogP) is 2.78. The number of aromatic hydroxyl groups is 1. The Morgan fingerprint density at radius 3 is 2.90 bits per heavy atom. The summed E-state index contributed by atoms with van der Waals surface area (Å²) in [6.45, 7) is 1.29. The number of phenolic OH excluding ortho intramolecular Hbond substituents is 1. The highest BCUT2D eigenvalue weighted by atomic mass is 35.5. The van der Waals surface area contributed by atoms with Gasteiger partial charge in [-0.25, -0.2) is 0 Å². The van der Waals surface area contributed by atoms with Crippen LogP contribution in [0.1, 0.15) is 11.3 Å². The standard InChI is InChI=1S/C15H17ClN2O2/c1-20-14-9-12(16)8-11(15(14)19)10-17-7-5-13-4-2-3-6-18-13/h2-4,6,8-9,17,19H,5,7,10H2,1H3. The SMILES string of the molecule is COc1cc(Cl)cc(CNCCc2ccccn2)c1O. The first-order valence-corrected chi connectivity index (χ1v) is 6.74. The Bertz CT molecular complexity index is 561. The molecule has 2 N–H and O–H groups in total. The number of pyridine rings is 1. The maximum absolute atomic E-state index is 9.99. The van der Waals surface area contributed by atoms with Crippen molar-refractivity contribution in [3.63, 3.8) is 0 Å². The first kappa shape index (κ1) is 14.6. The quantitative estimate of drug-likeness (QED) is 0.804. The highest BCUT2D eigenvalue weighted by Gasteiger charge is 2.09. The normalized spacial score (nSPS) is 10.5. The summed E-state index contributed by atoms with van der Waals surface area (Å²) in [5, 5.41) is 13.8. The van der Waals surface area contributed by atoms with Crippen molar-refractivity contribution in [2.45, 2.75) is 13.0 Å². The third-order valence-corrected chi connectivity index (χ3v) is 3.16. The molecular weight excluding hydrogens is 276 g/mol. The number of hydrogen-bond acceptors (Lipinski definition) is 4. The number of aromatic nitrogens is 1. The Morgan fingerprint density at radius 2 is 2.20 bits per heavy atom. The van der Waals surface area contributed by atoms with Gasteiger partial charge in [0.05, 0.1) is 7.11 Å². The highest BCUT2D eigenvalue weighted by Crippen LogP contribution is 2.33. The molecule has 0 amide bonds. The summed E-state index contributed by atoms with van der Waals surface area (Å²) in [7, 11) is 1.50. The number of nitrogens with zero attached hydrogens (tertiary/aromatic N) is 1. The first-order valence-electron chi connectivity index (χ1n) is 6.36. The molecule has 0 atom stereocenters. The minimum absolute atomic E-state index is 0.127. The average Bonchev–Trinajstić information content (AvgIpc) is 2.47. The summed E-state index contributed by atoms with van der Waals surface area (Å²) >= 11 is 5.98. The monoisotopic (exact) mass is 292 g/mol. The van der Waals surface area contributed by atoms with Gasteiger partial charge in [-0.3, -0.25) is 4.98 Å². The van der Waals surface area contributed by atoms with Crippen LogP contribution in [0.25, 0.3) is 0 Å². The molecule has 5 heteroatoms. The molecule has 20 heavy (non-hydrogen) atoms. The van der Waals surface area contributed by atoms with Gasteiger partial charge in [-0.05, 0) is 18.2 Å². The van der Waals surface area contributed by atoms with E-state index in [1.54, 1.807) is 18.3 Å². The lowest BCUT2D eigenvalue weighted by Crippen LogP contribution is -2.17. The van der Waals surface area contributed by atoms with E-state index in [-0.39, 0.29) is 5.75 Å². The molecule has 4 nitrogen and oxygen atoms in total. The van der Waals surface area contributed by atoms with Gasteiger partial charge < -0.3 is 15.2 Å². The zero-order valence-corrected chi connectivity index (χ0v) is 12.0. The molecule has 0 radical (unpaired) electrons. The summed E-state index contributed by atoms with van der Waals surface area (Å²) in [6.07, 6.45) is 2.61. The lowest BCUT2D eigenvalue weighted by molar-refractivity contribution is 0.369. The largest absolute Gasteiger partial charge is 0.504 e. The number of benzene rings is 1. The van der Waals surface area contributed by atoms with Crippen LogP contribution in [0.4, 0.5) is 0 Å². The van der Waals surface area contributed by atoms with E-state index in [9.17, 15) is 5.11 Å². The van der Waals surface area contributed by atoms with E-state index < -0.39 is 0 Å². The second kappa shape index (κ2) is 7.12. The lowest BCUT2D eigenvalue weighted by atomic mass is 10.2. The van der Waals surface area contributed by atoms with Gasteiger partial charge in [-0.15, -0.1) is 0 Å². The van der Waals surface area contributed by atoms with E-state index in [0.29, 0.717) is 17.3 Å². The number of hydrogen-bond donors (Lipinski definition) is 2. The minimum Gasteiger partial charge on any atom is -0.504 e. The van der Waals surface area contributed by atoms with Crippen LogP contribution in [0.5, 0.6) is 11.5 Å². The number of methoxy groups -OCH3 is 1.